The van der Waals surface area contributed by atoms with E-state index in [1.54, 1.807) is 13.8 Å². The van der Waals surface area contributed by atoms with Gasteiger partial charge in [-0.15, -0.1) is 10.2 Å². The molecule has 0 aliphatic rings. The second-order valence-corrected chi connectivity index (χ2v) is 3.68. The normalized spacial score (nSPS) is 11.9. The average Bonchev–Trinajstić information content (AvgIpc) is 2.45. The zero-order valence-corrected chi connectivity index (χ0v) is 8.18. The third kappa shape index (κ3) is 1.85. The van der Waals surface area contributed by atoms with Gasteiger partial charge in [-0.1, -0.05) is 10.8 Å². The first-order valence-electron chi connectivity index (χ1n) is 3.87. The summed E-state index contributed by atoms with van der Waals surface area (Å²) in [6.45, 7) is 3.84. The topological polar surface area (TPSA) is 64.8 Å². The van der Waals surface area contributed by atoms with Gasteiger partial charge in [0.25, 0.3) is 5.16 Å². The minimum atomic E-state index is -4.75. The van der Waals surface area contributed by atoms with Crippen LogP contribution in [0.5, 0.6) is 0 Å². The molecule has 7 heteroatoms. The van der Waals surface area contributed by atoms with Crippen molar-refractivity contribution in [2.24, 2.45) is 0 Å². The maximum atomic E-state index is 12.6. The average molecular weight is 207 g/mol. The van der Waals surface area contributed by atoms with Crippen molar-refractivity contribution in [1.82, 2.24) is 14.8 Å². The summed E-state index contributed by atoms with van der Waals surface area (Å²) in [4.78, 5) is 0. The van der Waals surface area contributed by atoms with E-state index in [2.05, 4.69) is 10.2 Å². The highest BCUT2D eigenvalue weighted by Gasteiger charge is 2.22. The van der Waals surface area contributed by atoms with Gasteiger partial charge < -0.3 is 0 Å². The lowest BCUT2D eigenvalue weighted by Gasteiger charge is -2.01. The van der Waals surface area contributed by atoms with E-state index in [1.165, 1.54) is 4.57 Å². The Morgan fingerprint density at radius 3 is 2.38 bits per heavy atom. The molecule has 0 aliphatic carbocycles. The number of aromatic nitrogens is 3. The molecular weight excluding hydrogens is 197 g/mol. The Balaban J connectivity index is 3.32. The molecule has 5 nitrogen and oxygen atoms in total. The fourth-order valence-electron chi connectivity index (χ4n) is 1.08. The highest BCUT2D eigenvalue weighted by molar-refractivity contribution is 7.86. The van der Waals surface area contributed by atoms with Gasteiger partial charge >= 0.3 is 10.2 Å². The first-order valence-corrected chi connectivity index (χ1v) is 5.25. The van der Waals surface area contributed by atoms with Crippen LogP contribution in [0.4, 0.5) is 3.89 Å². The summed E-state index contributed by atoms with van der Waals surface area (Å²) in [5.41, 5.74) is 0. The molecule has 0 fully saturated rings. The Labute approximate surface area is 75.8 Å². The molecule has 0 saturated carbocycles. The molecule has 13 heavy (non-hydrogen) atoms. The summed E-state index contributed by atoms with van der Waals surface area (Å²) in [6.07, 6.45) is 0.524. The number of halogens is 1. The van der Waals surface area contributed by atoms with E-state index in [9.17, 15) is 12.3 Å². The number of aryl methyl sites for hydroxylation is 1. The molecule has 0 saturated heterocycles. The molecule has 0 atom stereocenters. The quantitative estimate of drug-likeness (QED) is 0.678. The van der Waals surface area contributed by atoms with Gasteiger partial charge in [-0.2, -0.15) is 8.42 Å². The van der Waals surface area contributed by atoms with E-state index in [0.717, 1.165) is 0 Å². The smallest absolute Gasteiger partial charge is 0.300 e. The first-order chi connectivity index (χ1) is 6.00. The van der Waals surface area contributed by atoms with Crippen LogP contribution in [0.3, 0.4) is 0 Å². The van der Waals surface area contributed by atoms with Crippen LogP contribution in [-0.2, 0) is 23.2 Å². The molecule has 0 aliphatic heterocycles. The fraction of sp³-hybridized carbons (Fsp3) is 0.667. The van der Waals surface area contributed by atoms with Crippen molar-refractivity contribution in [1.29, 1.82) is 0 Å². The molecule has 74 valence electrons. The Hall–Kier alpha value is -0.980. The summed E-state index contributed by atoms with van der Waals surface area (Å²) in [5.74, 6) is 0.471. The second-order valence-electron chi connectivity index (χ2n) is 2.43. The van der Waals surface area contributed by atoms with Crippen molar-refractivity contribution in [2.45, 2.75) is 32.0 Å². The fourth-order valence-corrected chi connectivity index (χ4v) is 1.71. The second kappa shape index (κ2) is 3.41. The van der Waals surface area contributed by atoms with E-state index in [-0.39, 0.29) is 0 Å². The third-order valence-corrected chi connectivity index (χ3v) is 2.38. The largest absolute Gasteiger partial charge is 0.368 e. The Kier molecular flexibility index (Phi) is 2.65. The van der Waals surface area contributed by atoms with Crippen LogP contribution in [0.25, 0.3) is 0 Å². The van der Waals surface area contributed by atoms with Crippen molar-refractivity contribution >= 4 is 10.2 Å². The lowest BCUT2D eigenvalue weighted by atomic mass is 10.4. The molecule has 1 rings (SSSR count). The minimum absolute atomic E-state index is 0.342. The molecule has 1 aromatic rings. The molecule has 0 radical (unpaired) electrons. The maximum Gasteiger partial charge on any atom is 0.368 e. The minimum Gasteiger partial charge on any atom is -0.300 e. The predicted molar refractivity (Wildman–Crippen MR) is 43.4 cm³/mol. The van der Waals surface area contributed by atoms with Gasteiger partial charge in [0.2, 0.25) is 0 Å². The van der Waals surface area contributed by atoms with Crippen LogP contribution in [0.15, 0.2) is 5.16 Å². The molecule has 0 bridgehead atoms. The summed E-state index contributed by atoms with van der Waals surface area (Å²) in [6, 6.07) is 0. The summed E-state index contributed by atoms with van der Waals surface area (Å²) >= 11 is 0. The van der Waals surface area contributed by atoms with Crippen LogP contribution in [0.1, 0.15) is 19.7 Å². The van der Waals surface area contributed by atoms with Crippen molar-refractivity contribution < 1.29 is 12.3 Å². The predicted octanol–water partition coefficient (Wildman–Crippen LogP) is 0.519. The number of hydrogen-bond donors (Lipinski definition) is 0. The summed E-state index contributed by atoms with van der Waals surface area (Å²) in [7, 11) is -4.75. The van der Waals surface area contributed by atoms with Crippen molar-refractivity contribution in [3.05, 3.63) is 5.82 Å². The van der Waals surface area contributed by atoms with Crippen LogP contribution in [-0.4, -0.2) is 23.2 Å². The zero-order chi connectivity index (χ0) is 10.1. The van der Waals surface area contributed by atoms with E-state index < -0.39 is 15.4 Å². The first kappa shape index (κ1) is 10.1. The molecule has 0 amide bonds. The van der Waals surface area contributed by atoms with Gasteiger partial charge in [-0.3, -0.25) is 4.57 Å². The van der Waals surface area contributed by atoms with Crippen molar-refractivity contribution in [3.8, 4) is 0 Å². The Morgan fingerprint density at radius 2 is 2.00 bits per heavy atom. The van der Waals surface area contributed by atoms with Crippen molar-refractivity contribution in [2.75, 3.05) is 0 Å². The SMILES string of the molecule is CCc1nnc(S(=O)(=O)F)n1CC. The molecule has 0 unspecified atom stereocenters. The summed E-state index contributed by atoms with van der Waals surface area (Å²) < 4.78 is 34.9. The van der Waals surface area contributed by atoms with Gasteiger partial charge in [-0.25, -0.2) is 0 Å². The monoisotopic (exact) mass is 207 g/mol. The van der Waals surface area contributed by atoms with Crippen LogP contribution >= 0.6 is 0 Å². The van der Waals surface area contributed by atoms with E-state index >= 15 is 0 Å². The maximum absolute atomic E-state index is 12.6. The standard InChI is InChI=1S/C6H10FN3O2S/c1-3-5-8-9-6(10(5)4-2)13(7,11)12/h3-4H2,1-2H3. The molecule has 0 spiro atoms. The van der Waals surface area contributed by atoms with Gasteiger partial charge in [0.1, 0.15) is 5.82 Å². The zero-order valence-electron chi connectivity index (χ0n) is 7.36. The van der Waals surface area contributed by atoms with Gasteiger partial charge in [0.15, 0.2) is 0 Å². The van der Waals surface area contributed by atoms with E-state index in [0.29, 0.717) is 18.8 Å². The van der Waals surface area contributed by atoms with Crippen molar-refractivity contribution in [3.63, 3.8) is 0 Å². The van der Waals surface area contributed by atoms with Crippen LogP contribution in [0, 0.1) is 0 Å². The Morgan fingerprint density at radius 1 is 1.38 bits per heavy atom. The van der Waals surface area contributed by atoms with Gasteiger partial charge in [-0.05, 0) is 6.92 Å². The third-order valence-electron chi connectivity index (χ3n) is 1.64. The van der Waals surface area contributed by atoms with Gasteiger partial charge in [0, 0.05) is 13.0 Å². The molecule has 1 heterocycles. The Bertz CT molecular complexity index is 398. The van der Waals surface area contributed by atoms with E-state index in [1.807, 2.05) is 0 Å². The van der Waals surface area contributed by atoms with Crippen LogP contribution in [0.2, 0.25) is 0 Å². The lowest BCUT2D eigenvalue weighted by molar-refractivity contribution is 0.523. The summed E-state index contributed by atoms with van der Waals surface area (Å²) in [5, 5.41) is 6.24. The molecular formula is C6H10FN3O2S. The number of hydrogen-bond acceptors (Lipinski definition) is 4. The highest BCUT2D eigenvalue weighted by atomic mass is 32.3. The lowest BCUT2D eigenvalue weighted by Crippen LogP contribution is -2.08. The highest BCUT2D eigenvalue weighted by Crippen LogP contribution is 2.11. The van der Waals surface area contributed by atoms with E-state index in [4.69, 9.17) is 0 Å². The number of nitrogens with zero attached hydrogens (tertiary/aromatic N) is 3. The van der Waals surface area contributed by atoms with Crippen LogP contribution < -0.4 is 0 Å². The molecule has 0 N–H and O–H groups in total. The number of rotatable bonds is 3. The molecule has 1 aromatic heterocycles. The van der Waals surface area contributed by atoms with Gasteiger partial charge in [0.05, 0.1) is 0 Å². The molecule has 0 aromatic carbocycles.